The van der Waals surface area contributed by atoms with Gasteiger partial charge in [0.15, 0.2) is 9.84 Å². The van der Waals surface area contributed by atoms with E-state index in [0.717, 1.165) is 0 Å². The van der Waals surface area contributed by atoms with Crippen molar-refractivity contribution in [1.82, 2.24) is 0 Å². The lowest BCUT2D eigenvalue weighted by atomic mass is 10.4. The second kappa shape index (κ2) is 5.93. The average molecular weight is 245 g/mol. The maximum Gasteiger partial charge on any atom is 0.178 e. The van der Waals surface area contributed by atoms with E-state index in [4.69, 9.17) is 11.6 Å². The van der Waals surface area contributed by atoms with Crippen molar-refractivity contribution in [3.63, 3.8) is 0 Å². The van der Waals surface area contributed by atoms with E-state index in [9.17, 15) is 8.42 Å². The van der Waals surface area contributed by atoms with Gasteiger partial charge >= 0.3 is 0 Å². The topological polar surface area (TPSA) is 34.1 Å². The molecule has 1 aromatic rings. The Labute approximate surface area is 95.5 Å². The molecule has 4 heteroatoms. The zero-order chi connectivity index (χ0) is 11.1. The van der Waals surface area contributed by atoms with Crippen molar-refractivity contribution in [2.75, 3.05) is 11.6 Å². The molecule has 0 aliphatic heterocycles. The molecule has 0 aliphatic carbocycles. The van der Waals surface area contributed by atoms with Crippen LogP contribution in [0.25, 0.3) is 0 Å². The third kappa shape index (κ3) is 4.06. The highest BCUT2D eigenvalue weighted by Crippen LogP contribution is 2.11. The molecule has 0 aliphatic rings. The Kier molecular flexibility index (Phi) is 4.85. The number of allylic oxidation sites excluding steroid dienone is 2. The molecule has 0 saturated carbocycles. The highest BCUT2D eigenvalue weighted by molar-refractivity contribution is 7.91. The molecule has 0 spiro atoms. The van der Waals surface area contributed by atoms with E-state index in [2.05, 4.69) is 0 Å². The van der Waals surface area contributed by atoms with Gasteiger partial charge in [-0.05, 0) is 18.6 Å². The summed E-state index contributed by atoms with van der Waals surface area (Å²) in [7, 11) is -3.14. The van der Waals surface area contributed by atoms with Crippen molar-refractivity contribution >= 4 is 21.4 Å². The van der Waals surface area contributed by atoms with Crippen LogP contribution in [0.1, 0.15) is 6.42 Å². The van der Waals surface area contributed by atoms with Crippen molar-refractivity contribution in [2.24, 2.45) is 0 Å². The molecule has 15 heavy (non-hydrogen) atoms. The van der Waals surface area contributed by atoms with Gasteiger partial charge in [-0.2, -0.15) is 0 Å². The zero-order valence-electron chi connectivity index (χ0n) is 8.27. The van der Waals surface area contributed by atoms with Gasteiger partial charge in [-0.3, -0.25) is 0 Å². The molecule has 0 unspecified atom stereocenters. The van der Waals surface area contributed by atoms with E-state index >= 15 is 0 Å². The van der Waals surface area contributed by atoms with Gasteiger partial charge in [-0.1, -0.05) is 30.4 Å². The minimum Gasteiger partial charge on any atom is -0.224 e. The Balaban J connectivity index is 2.65. The van der Waals surface area contributed by atoms with Gasteiger partial charge in [0.25, 0.3) is 0 Å². The van der Waals surface area contributed by atoms with Crippen LogP contribution in [0.15, 0.2) is 47.4 Å². The summed E-state index contributed by atoms with van der Waals surface area (Å²) in [4.78, 5) is 0.379. The lowest BCUT2D eigenvalue weighted by Gasteiger charge is -2.01. The van der Waals surface area contributed by atoms with Crippen LogP contribution < -0.4 is 0 Å². The molecule has 82 valence electrons. The monoisotopic (exact) mass is 244 g/mol. The number of sulfone groups is 1. The molecule has 0 radical (unpaired) electrons. The average Bonchev–Trinajstić information content (AvgIpc) is 2.26. The van der Waals surface area contributed by atoms with E-state index in [1.807, 2.05) is 0 Å². The quantitative estimate of drug-likeness (QED) is 0.590. The van der Waals surface area contributed by atoms with Gasteiger partial charge in [-0.25, -0.2) is 8.42 Å². The van der Waals surface area contributed by atoms with E-state index < -0.39 is 9.84 Å². The fourth-order valence-electron chi connectivity index (χ4n) is 1.15. The van der Waals surface area contributed by atoms with Crippen LogP contribution in [0.4, 0.5) is 0 Å². The van der Waals surface area contributed by atoms with E-state index in [1.165, 1.54) is 0 Å². The van der Waals surface area contributed by atoms with Gasteiger partial charge in [0.05, 0.1) is 10.6 Å². The first kappa shape index (κ1) is 12.3. The highest BCUT2D eigenvalue weighted by Gasteiger charge is 2.11. The number of hydrogen-bond acceptors (Lipinski definition) is 2. The molecule has 0 N–H and O–H groups in total. The molecule has 0 fully saturated rings. The molecular weight excluding hydrogens is 232 g/mol. The zero-order valence-corrected chi connectivity index (χ0v) is 9.84. The highest BCUT2D eigenvalue weighted by atomic mass is 35.5. The number of alkyl halides is 1. The lowest BCUT2D eigenvalue weighted by molar-refractivity contribution is 0.595. The maximum atomic E-state index is 11.7. The van der Waals surface area contributed by atoms with Crippen molar-refractivity contribution < 1.29 is 8.42 Å². The first-order valence-electron chi connectivity index (χ1n) is 4.65. The van der Waals surface area contributed by atoms with Crippen molar-refractivity contribution in [3.05, 3.63) is 42.5 Å². The molecular formula is C11H13ClO2S. The van der Waals surface area contributed by atoms with Gasteiger partial charge in [0.1, 0.15) is 0 Å². The lowest BCUT2D eigenvalue weighted by Crippen LogP contribution is -2.05. The number of hydrogen-bond donors (Lipinski definition) is 0. The largest absolute Gasteiger partial charge is 0.224 e. The Hall–Kier alpha value is -0.800. The molecule has 0 heterocycles. The summed E-state index contributed by atoms with van der Waals surface area (Å²) in [6, 6.07) is 8.47. The van der Waals surface area contributed by atoms with Crippen LogP contribution in [0.3, 0.4) is 0 Å². The fraction of sp³-hybridized carbons (Fsp3) is 0.273. The third-order valence-corrected chi connectivity index (χ3v) is 3.85. The second-order valence-corrected chi connectivity index (χ2v) is 5.46. The summed E-state index contributed by atoms with van der Waals surface area (Å²) in [6.07, 6.45) is 4.04. The predicted octanol–water partition coefficient (Wildman–Crippen LogP) is 2.65. The van der Waals surface area contributed by atoms with E-state index in [-0.39, 0.29) is 5.75 Å². The van der Waals surface area contributed by atoms with Crippen LogP contribution in [-0.4, -0.2) is 20.1 Å². The Bertz CT molecular complexity index is 409. The Morgan fingerprint density at radius 1 is 1.13 bits per heavy atom. The molecule has 1 aromatic carbocycles. The van der Waals surface area contributed by atoms with Gasteiger partial charge in [0.2, 0.25) is 0 Å². The molecule has 1 rings (SSSR count). The molecule has 0 bridgehead atoms. The molecule has 0 amide bonds. The first-order chi connectivity index (χ1) is 7.17. The van der Waals surface area contributed by atoms with E-state index in [0.29, 0.717) is 17.2 Å². The smallest absolute Gasteiger partial charge is 0.178 e. The van der Waals surface area contributed by atoms with E-state index in [1.54, 1.807) is 42.5 Å². The molecule has 0 atom stereocenters. The molecule has 2 nitrogen and oxygen atoms in total. The first-order valence-corrected chi connectivity index (χ1v) is 6.84. The van der Waals surface area contributed by atoms with Crippen LogP contribution in [0.5, 0.6) is 0 Å². The van der Waals surface area contributed by atoms with Crippen LogP contribution in [0.2, 0.25) is 0 Å². The summed E-state index contributed by atoms with van der Waals surface area (Å²) in [5.74, 6) is 0.551. The van der Waals surface area contributed by atoms with Crippen LogP contribution in [0, 0.1) is 0 Å². The second-order valence-electron chi connectivity index (χ2n) is 3.05. The van der Waals surface area contributed by atoms with Crippen molar-refractivity contribution in [3.8, 4) is 0 Å². The predicted molar refractivity (Wildman–Crippen MR) is 63.0 cm³/mol. The standard InChI is InChI=1S/C11H13ClO2S/c12-9-5-2-6-10-15(13,14)11-7-3-1-4-8-11/h1-5,7-8H,6,9-10H2/b5-2-. The summed E-state index contributed by atoms with van der Waals surface area (Å²) < 4.78 is 23.5. The van der Waals surface area contributed by atoms with Gasteiger partial charge in [-0.15, -0.1) is 11.6 Å². The SMILES string of the molecule is O=S(=O)(CC/C=C\CCl)c1ccccc1. The summed E-state index contributed by atoms with van der Waals surface area (Å²) in [6.45, 7) is 0. The number of halogens is 1. The summed E-state index contributed by atoms with van der Waals surface area (Å²) in [5.41, 5.74) is 0. The minimum absolute atomic E-state index is 0.129. The summed E-state index contributed by atoms with van der Waals surface area (Å²) >= 11 is 5.43. The van der Waals surface area contributed by atoms with Crippen LogP contribution in [-0.2, 0) is 9.84 Å². The summed E-state index contributed by atoms with van der Waals surface area (Å²) in [5, 5.41) is 0. The third-order valence-electron chi connectivity index (χ3n) is 1.91. The fourth-order valence-corrected chi connectivity index (χ4v) is 2.53. The molecule has 0 saturated heterocycles. The Morgan fingerprint density at radius 2 is 1.80 bits per heavy atom. The van der Waals surface area contributed by atoms with Gasteiger partial charge in [0, 0.05) is 5.88 Å². The van der Waals surface area contributed by atoms with Crippen molar-refractivity contribution in [2.45, 2.75) is 11.3 Å². The molecule has 0 aromatic heterocycles. The number of benzene rings is 1. The minimum atomic E-state index is -3.14. The number of rotatable bonds is 5. The Morgan fingerprint density at radius 3 is 2.40 bits per heavy atom. The normalized spacial score (nSPS) is 12.1. The van der Waals surface area contributed by atoms with Gasteiger partial charge < -0.3 is 0 Å². The van der Waals surface area contributed by atoms with Crippen molar-refractivity contribution in [1.29, 1.82) is 0 Å². The van der Waals surface area contributed by atoms with Crippen LogP contribution >= 0.6 is 11.6 Å². The maximum absolute atomic E-state index is 11.7.